The molecule has 1 aliphatic heterocycles. The molecule has 0 atom stereocenters. The molecule has 0 aromatic heterocycles. The normalized spacial score (nSPS) is 13.6. The van der Waals surface area contributed by atoms with Gasteiger partial charge in [-0.2, -0.15) is 0 Å². The van der Waals surface area contributed by atoms with Gasteiger partial charge in [-0.1, -0.05) is 17.7 Å². The van der Waals surface area contributed by atoms with Gasteiger partial charge < -0.3 is 15.1 Å². The molecule has 7 heteroatoms. The first-order valence-corrected chi connectivity index (χ1v) is 8.97. The molecular formula is C20H20ClN3O3. The zero-order valence-corrected chi connectivity index (χ0v) is 15.9. The lowest BCUT2D eigenvalue weighted by Gasteiger charge is -2.16. The smallest absolute Gasteiger partial charge is 0.255 e. The zero-order chi connectivity index (χ0) is 19.6. The van der Waals surface area contributed by atoms with Crippen LogP contribution >= 0.6 is 11.6 Å². The Morgan fingerprint density at radius 1 is 1.15 bits per heavy atom. The minimum Gasteiger partial charge on any atom is -0.345 e. The number of rotatable bonds is 4. The molecule has 1 heterocycles. The van der Waals surface area contributed by atoms with E-state index in [1.165, 1.54) is 4.90 Å². The van der Waals surface area contributed by atoms with Crippen LogP contribution in [0.15, 0.2) is 42.5 Å². The van der Waals surface area contributed by atoms with Crippen molar-refractivity contribution in [3.63, 3.8) is 0 Å². The van der Waals surface area contributed by atoms with Gasteiger partial charge >= 0.3 is 0 Å². The van der Waals surface area contributed by atoms with Crippen LogP contribution in [0.25, 0.3) is 0 Å². The van der Waals surface area contributed by atoms with Gasteiger partial charge in [-0.3, -0.25) is 14.4 Å². The van der Waals surface area contributed by atoms with Crippen LogP contribution in [0.1, 0.15) is 33.6 Å². The minimum absolute atomic E-state index is 0.0699. The van der Waals surface area contributed by atoms with Gasteiger partial charge in [0.25, 0.3) is 11.8 Å². The van der Waals surface area contributed by atoms with Gasteiger partial charge in [0.2, 0.25) is 5.91 Å². The third-order valence-corrected chi connectivity index (χ3v) is 4.67. The van der Waals surface area contributed by atoms with Crippen LogP contribution in [-0.2, 0) is 4.79 Å². The van der Waals surface area contributed by atoms with Crippen molar-refractivity contribution in [1.29, 1.82) is 0 Å². The van der Waals surface area contributed by atoms with Crippen molar-refractivity contribution in [3.05, 3.63) is 58.6 Å². The molecular weight excluding hydrogens is 366 g/mol. The molecule has 1 aliphatic rings. The van der Waals surface area contributed by atoms with Crippen molar-refractivity contribution in [3.8, 4) is 0 Å². The molecule has 0 spiro atoms. The Balaban J connectivity index is 1.77. The third kappa shape index (κ3) is 4.11. The Labute approximate surface area is 162 Å². The summed E-state index contributed by atoms with van der Waals surface area (Å²) in [5.41, 5.74) is 2.02. The second kappa shape index (κ2) is 7.80. The standard InChI is InChI=1S/C20H20ClN3O3/c1-23(2)20(27)16-9-8-14(12-17(16)21)22-19(26)13-5-3-6-15(11-13)24-10-4-7-18(24)25/h3,5-6,8-9,11-12H,4,7,10H2,1-2H3,(H,22,26). The zero-order valence-electron chi connectivity index (χ0n) is 15.2. The van der Waals surface area contributed by atoms with Crippen LogP contribution in [0.4, 0.5) is 11.4 Å². The molecule has 2 aromatic carbocycles. The number of hydrogen-bond acceptors (Lipinski definition) is 3. The number of carbonyl (C=O) groups excluding carboxylic acids is 3. The fourth-order valence-corrected chi connectivity index (χ4v) is 3.21. The summed E-state index contributed by atoms with van der Waals surface area (Å²) < 4.78 is 0. The molecule has 3 rings (SSSR count). The maximum atomic E-state index is 12.6. The maximum Gasteiger partial charge on any atom is 0.255 e. The average molecular weight is 386 g/mol. The highest BCUT2D eigenvalue weighted by atomic mass is 35.5. The molecule has 140 valence electrons. The molecule has 0 radical (unpaired) electrons. The fraction of sp³-hybridized carbons (Fsp3) is 0.250. The van der Waals surface area contributed by atoms with Crippen molar-refractivity contribution in [2.45, 2.75) is 12.8 Å². The molecule has 0 unspecified atom stereocenters. The molecule has 0 bridgehead atoms. The summed E-state index contributed by atoms with van der Waals surface area (Å²) in [6.07, 6.45) is 1.36. The van der Waals surface area contributed by atoms with Crippen LogP contribution in [0.3, 0.4) is 0 Å². The van der Waals surface area contributed by atoms with E-state index in [-0.39, 0.29) is 22.7 Å². The summed E-state index contributed by atoms with van der Waals surface area (Å²) in [4.78, 5) is 39.6. The highest BCUT2D eigenvalue weighted by Gasteiger charge is 2.22. The van der Waals surface area contributed by atoms with Crippen LogP contribution < -0.4 is 10.2 Å². The summed E-state index contributed by atoms with van der Waals surface area (Å²) in [5.74, 6) is -0.451. The Kier molecular flexibility index (Phi) is 5.46. The molecule has 0 aliphatic carbocycles. The summed E-state index contributed by atoms with van der Waals surface area (Å²) >= 11 is 6.18. The van der Waals surface area contributed by atoms with Crippen LogP contribution in [0, 0.1) is 0 Å². The van der Waals surface area contributed by atoms with Gasteiger partial charge in [0, 0.05) is 44.0 Å². The first-order valence-electron chi connectivity index (χ1n) is 8.60. The Hall–Kier alpha value is -2.86. The van der Waals surface area contributed by atoms with Crippen LogP contribution in [-0.4, -0.2) is 43.3 Å². The van der Waals surface area contributed by atoms with Crippen molar-refractivity contribution in [1.82, 2.24) is 4.90 Å². The van der Waals surface area contributed by atoms with Crippen LogP contribution in [0.2, 0.25) is 5.02 Å². The number of nitrogens with zero attached hydrogens (tertiary/aromatic N) is 2. The van der Waals surface area contributed by atoms with E-state index in [0.717, 1.165) is 12.1 Å². The van der Waals surface area contributed by atoms with E-state index < -0.39 is 0 Å². The quantitative estimate of drug-likeness (QED) is 0.876. The monoisotopic (exact) mass is 385 g/mol. The van der Waals surface area contributed by atoms with E-state index >= 15 is 0 Å². The van der Waals surface area contributed by atoms with Gasteiger partial charge in [-0.05, 0) is 42.8 Å². The lowest BCUT2D eigenvalue weighted by molar-refractivity contribution is -0.117. The van der Waals surface area contributed by atoms with Crippen molar-refractivity contribution < 1.29 is 14.4 Å². The lowest BCUT2D eigenvalue weighted by atomic mass is 10.1. The summed E-state index contributed by atoms with van der Waals surface area (Å²) in [6, 6.07) is 11.7. The number of amides is 3. The lowest BCUT2D eigenvalue weighted by Crippen LogP contribution is -2.24. The highest BCUT2D eigenvalue weighted by molar-refractivity contribution is 6.34. The first kappa shape index (κ1) is 18.9. The maximum absolute atomic E-state index is 12.6. The number of halogens is 1. The Morgan fingerprint density at radius 3 is 2.56 bits per heavy atom. The topological polar surface area (TPSA) is 69.7 Å². The molecule has 6 nitrogen and oxygen atoms in total. The number of anilines is 2. The van der Waals surface area contributed by atoms with E-state index in [9.17, 15) is 14.4 Å². The number of benzene rings is 2. The molecule has 1 N–H and O–H groups in total. The second-order valence-electron chi connectivity index (χ2n) is 6.55. The molecule has 0 saturated carbocycles. The number of carbonyl (C=O) groups is 3. The number of nitrogens with one attached hydrogen (secondary N) is 1. The fourth-order valence-electron chi connectivity index (χ4n) is 2.95. The van der Waals surface area contributed by atoms with E-state index in [2.05, 4.69) is 5.32 Å². The van der Waals surface area contributed by atoms with Crippen molar-refractivity contribution in [2.75, 3.05) is 30.9 Å². The second-order valence-corrected chi connectivity index (χ2v) is 6.95. The summed E-state index contributed by atoms with van der Waals surface area (Å²) in [6.45, 7) is 0.668. The van der Waals surface area contributed by atoms with Crippen molar-refractivity contribution >= 4 is 40.7 Å². The summed E-state index contributed by atoms with van der Waals surface area (Å²) in [7, 11) is 3.29. The molecule has 1 fully saturated rings. The third-order valence-electron chi connectivity index (χ3n) is 4.36. The van der Waals surface area contributed by atoms with Gasteiger partial charge in [-0.15, -0.1) is 0 Å². The van der Waals surface area contributed by atoms with Crippen LogP contribution in [0.5, 0.6) is 0 Å². The minimum atomic E-state index is -0.314. The van der Waals surface area contributed by atoms with E-state index in [1.54, 1.807) is 55.4 Å². The Morgan fingerprint density at radius 2 is 1.93 bits per heavy atom. The molecule has 27 heavy (non-hydrogen) atoms. The van der Waals surface area contributed by atoms with Crippen molar-refractivity contribution in [2.24, 2.45) is 0 Å². The van der Waals surface area contributed by atoms with E-state index in [0.29, 0.717) is 29.8 Å². The van der Waals surface area contributed by atoms with Gasteiger partial charge in [0.15, 0.2) is 0 Å². The number of hydrogen-bond donors (Lipinski definition) is 1. The Bertz CT molecular complexity index is 911. The molecule has 2 aromatic rings. The molecule has 3 amide bonds. The average Bonchev–Trinajstić information content (AvgIpc) is 3.07. The van der Waals surface area contributed by atoms with E-state index in [1.807, 2.05) is 6.07 Å². The SMILES string of the molecule is CN(C)C(=O)c1ccc(NC(=O)c2cccc(N3CCCC3=O)c2)cc1Cl. The van der Waals surface area contributed by atoms with Gasteiger partial charge in [-0.25, -0.2) is 0 Å². The highest BCUT2D eigenvalue weighted by Crippen LogP contribution is 2.24. The predicted octanol–water partition coefficient (Wildman–Crippen LogP) is 3.42. The largest absolute Gasteiger partial charge is 0.345 e. The first-order chi connectivity index (χ1) is 12.9. The van der Waals surface area contributed by atoms with Gasteiger partial charge in [0.05, 0.1) is 10.6 Å². The predicted molar refractivity (Wildman–Crippen MR) is 105 cm³/mol. The summed E-state index contributed by atoms with van der Waals surface area (Å²) in [5, 5.41) is 3.04. The van der Waals surface area contributed by atoms with E-state index in [4.69, 9.17) is 11.6 Å². The molecule has 1 saturated heterocycles. The van der Waals surface area contributed by atoms with Gasteiger partial charge in [0.1, 0.15) is 0 Å².